The molecule has 0 aromatic rings. The van der Waals surface area contributed by atoms with Gasteiger partial charge in [0, 0.05) is 38.5 Å². The summed E-state index contributed by atoms with van der Waals surface area (Å²) >= 11 is 0. The third-order valence-corrected chi connectivity index (χ3v) is 18.1. The second-order valence-electron chi connectivity index (χ2n) is 25.6. The lowest BCUT2D eigenvalue weighted by atomic mass is 9.66. The van der Waals surface area contributed by atoms with Crippen LogP contribution in [-0.2, 0) is 33.5 Å². The molecule has 0 rings (SSSR count). The Morgan fingerprint density at radius 1 is 0.236 bits per heavy atom. The summed E-state index contributed by atoms with van der Waals surface area (Å²) in [6, 6.07) is 0. The standard InChI is InChI=1S/C76H130O13/c1-7-13-19-25-31-37-43-49-55-63(77)69(83)75(70(84)64(78)56-50-44-38-32-26-20-14-8-2,71(85)65(79)57-51-45-39-33-27-21-15-9-3)61-89-62-76(72(86)66(80)58-52-46-40-34-28-22-16-10-4,73(87)67(81)59-53-47-41-35-29-23-17-11-5)74(88)68(82)60-54-48-42-36-30-24-18-12-6/h7-12,69-74,83-88H,1-6,13-62H2. The van der Waals surface area contributed by atoms with E-state index in [1.165, 1.54) is 0 Å². The minimum absolute atomic E-state index is 0.245. The number of hydrogen-bond acceptors (Lipinski definition) is 13. The summed E-state index contributed by atoms with van der Waals surface area (Å²) in [6.07, 6.45) is 27.8. The van der Waals surface area contributed by atoms with Gasteiger partial charge in [-0.2, -0.15) is 0 Å². The number of aliphatic hydroxyl groups excluding tert-OH is 6. The van der Waals surface area contributed by atoms with Gasteiger partial charge in [0.1, 0.15) is 36.6 Å². The van der Waals surface area contributed by atoms with E-state index in [2.05, 4.69) is 39.5 Å². The molecule has 0 saturated carbocycles. The molecule has 13 heteroatoms. The van der Waals surface area contributed by atoms with Gasteiger partial charge in [-0.3, -0.25) is 28.8 Å². The molecule has 0 saturated heterocycles. The molecule has 0 aromatic carbocycles. The average Bonchev–Trinajstić information content (AvgIpc) is 0.923. The van der Waals surface area contributed by atoms with E-state index in [1.54, 1.807) is 0 Å². The largest absolute Gasteiger partial charge is 0.384 e. The maximum atomic E-state index is 14.6. The second-order valence-corrected chi connectivity index (χ2v) is 25.6. The predicted molar refractivity (Wildman–Crippen MR) is 365 cm³/mol. The zero-order chi connectivity index (χ0) is 66.2. The molecule has 6 atom stereocenters. The molecule has 0 fully saturated rings. The molecule has 6 unspecified atom stereocenters. The van der Waals surface area contributed by atoms with E-state index < -0.39 is 95.4 Å². The lowest BCUT2D eigenvalue weighted by molar-refractivity contribution is -0.207. The van der Waals surface area contributed by atoms with Crippen molar-refractivity contribution in [3.63, 3.8) is 0 Å². The number of unbranched alkanes of at least 4 members (excludes halogenated alkanes) is 36. The monoisotopic (exact) mass is 1250 g/mol. The van der Waals surface area contributed by atoms with Crippen molar-refractivity contribution in [2.24, 2.45) is 10.8 Å². The van der Waals surface area contributed by atoms with Crippen LogP contribution >= 0.6 is 0 Å². The lowest BCUT2D eigenvalue weighted by Crippen LogP contribution is -2.65. The number of aliphatic hydroxyl groups is 6. The Morgan fingerprint density at radius 2 is 0.360 bits per heavy atom. The van der Waals surface area contributed by atoms with E-state index in [-0.39, 0.29) is 38.5 Å². The molecule has 0 aliphatic rings. The number of carbonyl (C=O) groups is 6. The van der Waals surface area contributed by atoms with Crippen LogP contribution in [0.3, 0.4) is 0 Å². The molecule has 0 bridgehead atoms. The highest BCUT2D eigenvalue weighted by atomic mass is 16.5. The van der Waals surface area contributed by atoms with Crippen molar-refractivity contribution >= 4 is 34.7 Å². The Hall–Kier alpha value is -3.82. The lowest BCUT2D eigenvalue weighted by Gasteiger charge is -2.46. The quantitative estimate of drug-likeness (QED) is 0.0246. The zero-order valence-corrected chi connectivity index (χ0v) is 56.1. The van der Waals surface area contributed by atoms with Crippen molar-refractivity contribution in [2.45, 2.75) is 345 Å². The van der Waals surface area contributed by atoms with Gasteiger partial charge in [0.05, 0.1) is 24.0 Å². The highest BCUT2D eigenvalue weighted by Gasteiger charge is 2.60. The first kappa shape index (κ1) is 85.2. The predicted octanol–water partition coefficient (Wildman–Crippen LogP) is 16.4. The number of ether oxygens (including phenoxy) is 1. The molecule has 512 valence electrons. The van der Waals surface area contributed by atoms with Crippen LogP contribution < -0.4 is 0 Å². The molecule has 0 aromatic heterocycles. The van der Waals surface area contributed by atoms with E-state index in [1.807, 2.05) is 36.5 Å². The second kappa shape index (κ2) is 56.9. The fourth-order valence-electron chi connectivity index (χ4n) is 12.2. The molecular formula is C76H130O13. The topological polar surface area (TPSA) is 233 Å². The van der Waals surface area contributed by atoms with Crippen LogP contribution in [0.5, 0.6) is 0 Å². The Morgan fingerprint density at radius 3 is 0.494 bits per heavy atom. The smallest absolute Gasteiger partial charge is 0.162 e. The fourth-order valence-corrected chi connectivity index (χ4v) is 12.2. The average molecular weight is 1250 g/mol. The van der Waals surface area contributed by atoms with Gasteiger partial charge in [-0.1, -0.05) is 191 Å². The SMILES string of the molecule is C=CCCCCCCCCC(=O)C(O)C(COCC(C(O)C(=O)CCCCCCCCC=C)(C(O)C(=O)CCCCCCCCC=C)C(O)C(=O)CCCCCCCCC=C)(C(O)C(=O)CCCCCCCCC=C)C(O)C(=O)CCCCCCCCC=C. The number of Topliss-reactive ketones (excluding diaryl/α,β-unsaturated/α-hetero) is 6. The molecule has 13 nitrogen and oxygen atoms in total. The third-order valence-electron chi connectivity index (χ3n) is 18.1. The Labute approximate surface area is 541 Å². The first-order valence-corrected chi connectivity index (χ1v) is 35.5. The molecule has 89 heavy (non-hydrogen) atoms. The fraction of sp³-hybridized carbons (Fsp3) is 0.763. The van der Waals surface area contributed by atoms with Gasteiger partial charge in [0.25, 0.3) is 0 Å². The molecule has 6 N–H and O–H groups in total. The summed E-state index contributed by atoms with van der Waals surface area (Å²) in [4.78, 5) is 87.5. The van der Waals surface area contributed by atoms with Crippen molar-refractivity contribution in [1.82, 2.24) is 0 Å². The molecule has 0 aliphatic carbocycles. The van der Waals surface area contributed by atoms with Gasteiger partial charge in [0.2, 0.25) is 0 Å². The van der Waals surface area contributed by atoms with E-state index in [0.717, 1.165) is 193 Å². The summed E-state index contributed by atoms with van der Waals surface area (Å²) in [6.45, 7) is 20.4. The van der Waals surface area contributed by atoms with Gasteiger partial charge in [0.15, 0.2) is 34.7 Å². The number of ketones is 6. The van der Waals surface area contributed by atoms with Crippen molar-refractivity contribution in [3.8, 4) is 0 Å². The van der Waals surface area contributed by atoms with Gasteiger partial charge < -0.3 is 35.4 Å². The summed E-state index contributed by atoms with van der Waals surface area (Å²) < 4.78 is 6.42. The van der Waals surface area contributed by atoms with Crippen LogP contribution in [0.25, 0.3) is 0 Å². The van der Waals surface area contributed by atoms with Crippen LogP contribution in [0.1, 0.15) is 308 Å². The number of carbonyl (C=O) groups excluding carboxylic acids is 6. The van der Waals surface area contributed by atoms with E-state index in [0.29, 0.717) is 77.0 Å². The third kappa shape index (κ3) is 36.9. The molecule has 0 heterocycles. The van der Waals surface area contributed by atoms with Gasteiger partial charge in [-0.05, 0) is 116 Å². The van der Waals surface area contributed by atoms with Crippen LogP contribution in [0.4, 0.5) is 0 Å². The van der Waals surface area contributed by atoms with Crippen LogP contribution in [-0.4, -0.2) is 115 Å². The van der Waals surface area contributed by atoms with E-state index >= 15 is 0 Å². The molecule has 0 amide bonds. The van der Waals surface area contributed by atoms with E-state index in [4.69, 9.17) is 4.74 Å². The highest BCUT2D eigenvalue weighted by molar-refractivity contribution is 5.93. The highest BCUT2D eigenvalue weighted by Crippen LogP contribution is 2.41. The Balaban J connectivity index is 8.00. The first-order valence-electron chi connectivity index (χ1n) is 35.5. The molecule has 0 aliphatic heterocycles. The summed E-state index contributed by atoms with van der Waals surface area (Å²) in [5, 5.41) is 75.7. The van der Waals surface area contributed by atoms with Crippen molar-refractivity contribution in [2.75, 3.05) is 13.2 Å². The number of hydrogen-bond donors (Lipinski definition) is 6. The van der Waals surface area contributed by atoms with Crippen LogP contribution in [0.2, 0.25) is 0 Å². The number of rotatable bonds is 70. The molecule has 0 spiro atoms. The van der Waals surface area contributed by atoms with Crippen LogP contribution in [0, 0.1) is 10.8 Å². The minimum Gasteiger partial charge on any atom is -0.384 e. The van der Waals surface area contributed by atoms with Gasteiger partial charge >= 0.3 is 0 Å². The summed E-state index contributed by atoms with van der Waals surface area (Å²) in [5.74, 6) is -5.21. The van der Waals surface area contributed by atoms with Crippen molar-refractivity contribution in [1.29, 1.82) is 0 Å². The summed E-state index contributed by atoms with van der Waals surface area (Å²) in [5.41, 5.74) is -5.61. The van der Waals surface area contributed by atoms with Crippen molar-refractivity contribution < 1.29 is 64.1 Å². The molecular weight excluding hydrogens is 1120 g/mol. The molecule has 0 radical (unpaired) electrons. The first-order chi connectivity index (χ1) is 43.1. The maximum absolute atomic E-state index is 14.6. The van der Waals surface area contributed by atoms with Crippen LogP contribution in [0.15, 0.2) is 75.9 Å². The van der Waals surface area contributed by atoms with Gasteiger partial charge in [-0.25, -0.2) is 0 Å². The Bertz CT molecular complexity index is 1580. The van der Waals surface area contributed by atoms with E-state index in [9.17, 15) is 59.4 Å². The number of allylic oxidation sites excluding steroid dienone is 6. The zero-order valence-electron chi connectivity index (χ0n) is 56.1. The van der Waals surface area contributed by atoms with Gasteiger partial charge in [-0.15, -0.1) is 39.5 Å². The normalized spacial score (nSPS) is 14.9. The Kier molecular flexibility index (Phi) is 54.5. The van der Waals surface area contributed by atoms with Crippen molar-refractivity contribution in [3.05, 3.63) is 75.9 Å². The maximum Gasteiger partial charge on any atom is 0.162 e. The minimum atomic E-state index is -2.81. The summed E-state index contributed by atoms with van der Waals surface area (Å²) in [7, 11) is 0.